The molecule has 1 aliphatic heterocycles. The molecule has 3 aromatic rings. The maximum Gasteiger partial charge on any atom is 0.196 e. The van der Waals surface area contributed by atoms with Crippen LogP contribution in [0.3, 0.4) is 0 Å². The van der Waals surface area contributed by atoms with Gasteiger partial charge in [-0.15, -0.1) is 20.2 Å². The second kappa shape index (κ2) is 10.3. The van der Waals surface area contributed by atoms with Crippen molar-refractivity contribution >= 4 is 47.9 Å². The predicted octanol–water partition coefficient (Wildman–Crippen LogP) is 5.00. The molecule has 0 atom stereocenters. The summed E-state index contributed by atoms with van der Waals surface area (Å²) in [4.78, 5) is 17.9. The zero-order valence-electron chi connectivity index (χ0n) is 18.1. The first-order chi connectivity index (χ1) is 15.4. The number of hydrogen-bond donors (Lipinski definition) is 1. The number of nitrogens with zero attached hydrogens (tertiary/aromatic N) is 2. The van der Waals surface area contributed by atoms with E-state index in [0.717, 1.165) is 44.8 Å². The Hall–Kier alpha value is -2.01. The summed E-state index contributed by atoms with van der Waals surface area (Å²) >= 11 is 7.41. The second-order valence-corrected chi connectivity index (χ2v) is 10.2. The van der Waals surface area contributed by atoms with Gasteiger partial charge in [0.2, 0.25) is 0 Å². The number of nitrogens with two attached hydrogens (primary N) is 1. The van der Waals surface area contributed by atoms with Gasteiger partial charge in [0.25, 0.3) is 0 Å². The number of carbonyl (C=O) groups is 1. The van der Waals surface area contributed by atoms with Crippen LogP contribution in [0.4, 0.5) is 5.00 Å². The fourth-order valence-corrected chi connectivity index (χ4v) is 5.27. The molecule has 0 saturated carbocycles. The summed E-state index contributed by atoms with van der Waals surface area (Å²) in [5.74, 6) is -0.0366. The van der Waals surface area contributed by atoms with Crippen molar-refractivity contribution in [3.8, 4) is 0 Å². The van der Waals surface area contributed by atoms with Crippen LogP contribution >= 0.6 is 31.8 Å². The number of piperazine rings is 1. The maximum atomic E-state index is 13.1. The van der Waals surface area contributed by atoms with Crippen LogP contribution in [0, 0.1) is 6.92 Å². The van der Waals surface area contributed by atoms with Crippen molar-refractivity contribution in [2.45, 2.75) is 13.5 Å². The molecule has 2 N–H and O–H groups in total. The van der Waals surface area contributed by atoms with E-state index in [2.05, 4.69) is 49.9 Å². The topological polar surface area (TPSA) is 49.6 Å². The van der Waals surface area contributed by atoms with Gasteiger partial charge >= 0.3 is 0 Å². The van der Waals surface area contributed by atoms with Crippen molar-refractivity contribution in [1.29, 1.82) is 0 Å². The molecule has 1 saturated heterocycles. The first-order valence-corrected chi connectivity index (χ1v) is 12.4. The Morgan fingerprint density at radius 1 is 1.00 bits per heavy atom. The normalized spacial score (nSPS) is 15.1. The van der Waals surface area contributed by atoms with Crippen molar-refractivity contribution in [1.82, 2.24) is 9.80 Å². The Morgan fingerprint density at radius 3 is 2.25 bits per heavy atom. The van der Waals surface area contributed by atoms with E-state index in [-0.39, 0.29) is 5.78 Å². The smallest absolute Gasteiger partial charge is 0.196 e. The van der Waals surface area contributed by atoms with Gasteiger partial charge in [-0.3, -0.25) is 14.6 Å². The number of anilines is 1. The van der Waals surface area contributed by atoms with Crippen molar-refractivity contribution < 1.29 is 4.79 Å². The number of benzene rings is 2. The van der Waals surface area contributed by atoms with Gasteiger partial charge in [0, 0.05) is 49.9 Å². The third-order valence-corrected chi connectivity index (χ3v) is 7.43. The highest BCUT2D eigenvalue weighted by molar-refractivity contribution is 7.22. The van der Waals surface area contributed by atoms with Gasteiger partial charge in [-0.05, 0) is 53.0 Å². The third-order valence-electron chi connectivity index (χ3n) is 5.87. The van der Waals surface area contributed by atoms with E-state index in [1.807, 2.05) is 5.38 Å². The molecule has 0 spiro atoms. The minimum atomic E-state index is -0.0366. The number of ketones is 1. The van der Waals surface area contributed by atoms with Crippen LogP contribution in [-0.4, -0.2) is 53.6 Å². The SMILES string of the molecule is Cc1ccc(C(=P)CN2CCN(Cc3csc(N)c3C(=O)c3ccc(Cl)cc3)CC2)cc1. The molecule has 166 valence electrons. The molecule has 7 heteroatoms. The Labute approximate surface area is 200 Å². The molecule has 2 heterocycles. The van der Waals surface area contributed by atoms with Crippen molar-refractivity contribution in [2.75, 3.05) is 38.5 Å². The molecule has 4 rings (SSSR count). The van der Waals surface area contributed by atoms with E-state index < -0.39 is 0 Å². The zero-order valence-corrected chi connectivity index (χ0v) is 20.7. The van der Waals surface area contributed by atoms with Gasteiger partial charge in [0.15, 0.2) is 5.78 Å². The van der Waals surface area contributed by atoms with E-state index in [1.54, 1.807) is 24.3 Å². The zero-order chi connectivity index (χ0) is 22.7. The number of rotatable bonds is 7. The van der Waals surface area contributed by atoms with Crippen LogP contribution in [0.1, 0.15) is 32.6 Å². The Bertz CT molecular complexity index is 1100. The molecule has 0 unspecified atom stereocenters. The number of aryl methyl sites for hydroxylation is 1. The van der Waals surface area contributed by atoms with E-state index in [9.17, 15) is 4.79 Å². The number of hydrogen-bond acceptors (Lipinski definition) is 5. The average molecular weight is 484 g/mol. The number of thiophene rings is 1. The van der Waals surface area contributed by atoms with Crippen molar-refractivity contribution in [3.05, 3.63) is 86.8 Å². The summed E-state index contributed by atoms with van der Waals surface area (Å²) in [5, 5.41) is 4.42. The lowest BCUT2D eigenvalue weighted by Crippen LogP contribution is -2.47. The van der Waals surface area contributed by atoms with E-state index >= 15 is 0 Å². The number of nitrogen functional groups attached to an aromatic ring is 1. The second-order valence-electron chi connectivity index (χ2n) is 8.23. The standard InChI is InChI=1S/C25H27ClN3OPS/c1-17-2-4-18(5-3-17)22(31)15-29-12-10-28(11-13-29)14-20-16-32-25(27)23(20)24(30)19-6-8-21(26)9-7-19/h2-9,16,31H,10-15,27H2,1H3. The van der Waals surface area contributed by atoms with Gasteiger partial charge in [0.1, 0.15) is 0 Å². The molecule has 0 radical (unpaired) electrons. The van der Waals surface area contributed by atoms with Gasteiger partial charge in [-0.1, -0.05) is 41.4 Å². The van der Waals surface area contributed by atoms with Gasteiger partial charge in [-0.25, -0.2) is 0 Å². The van der Waals surface area contributed by atoms with Crippen LogP contribution in [0.25, 0.3) is 0 Å². The quantitative estimate of drug-likeness (QED) is 0.379. The Morgan fingerprint density at radius 2 is 1.59 bits per heavy atom. The fourth-order valence-electron chi connectivity index (χ4n) is 3.95. The predicted molar refractivity (Wildman–Crippen MR) is 139 cm³/mol. The highest BCUT2D eigenvalue weighted by Crippen LogP contribution is 2.29. The molecular formula is C25H27ClN3OPS. The van der Waals surface area contributed by atoms with E-state index in [4.69, 9.17) is 17.3 Å². The van der Waals surface area contributed by atoms with Gasteiger partial charge in [-0.2, -0.15) is 0 Å². The average Bonchev–Trinajstić information content (AvgIpc) is 3.15. The summed E-state index contributed by atoms with van der Waals surface area (Å²) in [5.41, 5.74) is 10.9. The molecule has 1 aromatic heterocycles. The molecule has 1 aliphatic rings. The van der Waals surface area contributed by atoms with E-state index in [0.29, 0.717) is 21.2 Å². The monoisotopic (exact) mass is 483 g/mol. The lowest BCUT2D eigenvalue weighted by atomic mass is 10.0. The van der Waals surface area contributed by atoms with Crippen molar-refractivity contribution in [3.63, 3.8) is 0 Å². The first kappa shape index (κ1) is 23.2. The highest BCUT2D eigenvalue weighted by atomic mass is 35.5. The molecule has 0 amide bonds. The Kier molecular flexibility index (Phi) is 7.44. The van der Waals surface area contributed by atoms with Crippen LogP contribution < -0.4 is 5.73 Å². The summed E-state index contributed by atoms with van der Waals surface area (Å²) in [6, 6.07) is 15.6. The van der Waals surface area contributed by atoms with Gasteiger partial charge < -0.3 is 5.73 Å². The maximum absolute atomic E-state index is 13.1. The van der Waals surface area contributed by atoms with Crippen LogP contribution in [0.2, 0.25) is 5.02 Å². The molecular weight excluding hydrogens is 457 g/mol. The molecule has 32 heavy (non-hydrogen) atoms. The van der Waals surface area contributed by atoms with Gasteiger partial charge in [0.05, 0.1) is 10.6 Å². The summed E-state index contributed by atoms with van der Waals surface area (Å²) < 4.78 is 0. The summed E-state index contributed by atoms with van der Waals surface area (Å²) in [6.07, 6.45) is 0. The van der Waals surface area contributed by atoms with E-state index in [1.165, 1.54) is 27.8 Å². The largest absolute Gasteiger partial charge is 0.390 e. The van der Waals surface area contributed by atoms with Crippen LogP contribution in [0.15, 0.2) is 53.9 Å². The van der Waals surface area contributed by atoms with Crippen molar-refractivity contribution in [2.24, 2.45) is 0 Å². The summed E-state index contributed by atoms with van der Waals surface area (Å²) in [6.45, 7) is 7.62. The first-order valence-electron chi connectivity index (χ1n) is 10.7. The van der Waals surface area contributed by atoms with Crippen LogP contribution in [-0.2, 0) is 6.54 Å². The fraction of sp³-hybridized carbons (Fsp3) is 0.280. The molecule has 0 bridgehead atoms. The lowest BCUT2D eigenvalue weighted by molar-refractivity contribution is 0.103. The highest BCUT2D eigenvalue weighted by Gasteiger charge is 2.23. The minimum absolute atomic E-state index is 0.0366. The molecule has 4 nitrogen and oxygen atoms in total. The molecule has 2 aromatic carbocycles. The Balaban J connectivity index is 1.35. The van der Waals surface area contributed by atoms with Crippen LogP contribution in [0.5, 0.6) is 0 Å². The minimum Gasteiger partial charge on any atom is -0.390 e. The molecule has 1 fully saturated rings. The lowest BCUT2D eigenvalue weighted by Gasteiger charge is -2.35. The summed E-state index contributed by atoms with van der Waals surface area (Å²) in [7, 11) is 3.83. The number of halogens is 1. The third kappa shape index (κ3) is 5.48. The molecule has 0 aliphatic carbocycles. The number of carbonyl (C=O) groups excluding carboxylic acids is 1.